The van der Waals surface area contributed by atoms with Crippen molar-refractivity contribution in [2.24, 2.45) is 0 Å². The first-order valence-electron chi connectivity index (χ1n) is 6.27. The number of carbonyl (C=O) groups is 2. The number of hydrogen-bond donors (Lipinski definition) is 1. The van der Waals surface area contributed by atoms with Crippen molar-refractivity contribution in [1.29, 1.82) is 0 Å². The molecule has 2 aromatic rings. The quantitative estimate of drug-likeness (QED) is 0.868. The second kappa shape index (κ2) is 5.32. The lowest BCUT2D eigenvalue weighted by atomic mass is 10.1. The minimum Gasteiger partial charge on any atom is -0.477 e. The highest BCUT2D eigenvalue weighted by molar-refractivity contribution is 5.95. The Morgan fingerprint density at radius 3 is 2.33 bits per heavy atom. The van der Waals surface area contributed by atoms with Gasteiger partial charge in [-0.3, -0.25) is 9.59 Å². The van der Waals surface area contributed by atoms with Crippen LogP contribution in [0.4, 0.5) is 0 Å². The third kappa shape index (κ3) is 2.74. The molecule has 6 heteroatoms. The fraction of sp³-hybridized carbons (Fsp3) is 0.200. The standard InChI is InChI=1S/C15H14N2O4/c1-8-4-5-11(6-9(8)2)17-14(19)12(15(20)21)7-13(16-17)10(3)18/h4-7H,1-3H3,(H,20,21). The van der Waals surface area contributed by atoms with E-state index in [1.165, 1.54) is 6.92 Å². The third-order valence-electron chi connectivity index (χ3n) is 3.24. The fourth-order valence-electron chi connectivity index (χ4n) is 1.85. The molecular weight excluding hydrogens is 272 g/mol. The highest BCUT2D eigenvalue weighted by atomic mass is 16.4. The van der Waals surface area contributed by atoms with E-state index in [1.54, 1.807) is 18.2 Å². The van der Waals surface area contributed by atoms with E-state index < -0.39 is 22.9 Å². The zero-order chi connectivity index (χ0) is 15.7. The maximum Gasteiger partial charge on any atom is 0.341 e. The van der Waals surface area contributed by atoms with Gasteiger partial charge in [0.05, 0.1) is 5.69 Å². The number of nitrogens with zero attached hydrogens (tertiary/aromatic N) is 2. The Kier molecular flexibility index (Phi) is 3.71. The van der Waals surface area contributed by atoms with Gasteiger partial charge in [0.25, 0.3) is 5.56 Å². The van der Waals surface area contributed by atoms with Crippen molar-refractivity contribution >= 4 is 11.8 Å². The lowest BCUT2D eigenvalue weighted by molar-refractivity contribution is 0.0694. The molecule has 0 aliphatic carbocycles. The summed E-state index contributed by atoms with van der Waals surface area (Å²) in [5.74, 6) is -1.79. The predicted octanol–water partition coefficient (Wildman–Crippen LogP) is 1.75. The Labute approximate surface area is 120 Å². The van der Waals surface area contributed by atoms with Crippen LogP contribution >= 0.6 is 0 Å². The van der Waals surface area contributed by atoms with E-state index in [1.807, 2.05) is 13.8 Å². The Morgan fingerprint density at radius 2 is 1.81 bits per heavy atom. The van der Waals surface area contributed by atoms with Crippen LogP contribution in [0.25, 0.3) is 5.69 Å². The van der Waals surface area contributed by atoms with E-state index in [0.29, 0.717) is 5.69 Å². The summed E-state index contributed by atoms with van der Waals surface area (Å²) in [5, 5.41) is 13.0. The van der Waals surface area contributed by atoms with Crippen LogP contribution < -0.4 is 5.56 Å². The summed E-state index contributed by atoms with van der Waals surface area (Å²) in [5.41, 5.74) is 1.09. The van der Waals surface area contributed by atoms with E-state index in [-0.39, 0.29) is 5.69 Å². The number of carboxylic acids is 1. The molecule has 1 heterocycles. The van der Waals surface area contributed by atoms with Gasteiger partial charge in [0.15, 0.2) is 5.78 Å². The molecule has 0 aliphatic heterocycles. The Bertz CT molecular complexity index is 806. The monoisotopic (exact) mass is 286 g/mol. The topological polar surface area (TPSA) is 89.3 Å². The van der Waals surface area contributed by atoms with Gasteiger partial charge in [-0.1, -0.05) is 6.07 Å². The molecule has 21 heavy (non-hydrogen) atoms. The van der Waals surface area contributed by atoms with E-state index in [4.69, 9.17) is 5.11 Å². The van der Waals surface area contributed by atoms with Gasteiger partial charge in [0, 0.05) is 6.92 Å². The molecule has 0 amide bonds. The van der Waals surface area contributed by atoms with E-state index in [0.717, 1.165) is 21.9 Å². The van der Waals surface area contributed by atoms with Crippen LogP contribution in [0.5, 0.6) is 0 Å². The molecule has 1 aromatic heterocycles. The van der Waals surface area contributed by atoms with Crippen LogP contribution in [0.1, 0.15) is 38.9 Å². The number of Topliss-reactive ketones (excluding diaryl/α,β-unsaturated/α-hetero) is 1. The first-order valence-corrected chi connectivity index (χ1v) is 6.27. The Balaban J connectivity index is 2.78. The second-order valence-corrected chi connectivity index (χ2v) is 4.79. The summed E-state index contributed by atoms with van der Waals surface area (Å²) in [6.45, 7) is 5.06. The number of aromatic carboxylic acids is 1. The molecule has 0 atom stereocenters. The van der Waals surface area contributed by atoms with Crippen molar-refractivity contribution < 1.29 is 14.7 Å². The maximum atomic E-state index is 12.2. The van der Waals surface area contributed by atoms with Crippen LogP contribution in [-0.2, 0) is 0 Å². The average molecular weight is 286 g/mol. The SMILES string of the molecule is CC(=O)c1cc(C(=O)O)c(=O)n(-c2ccc(C)c(C)c2)n1. The average Bonchev–Trinajstić information content (AvgIpc) is 2.41. The van der Waals surface area contributed by atoms with Crippen molar-refractivity contribution in [3.63, 3.8) is 0 Å². The van der Waals surface area contributed by atoms with Crippen LogP contribution in [0.3, 0.4) is 0 Å². The summed E-state index contributed by atoms with van der Waals surface area (Å²) in [7, 11) is 0. The van der Waals surface area contributed by atoms with Crippen LogP contribution in [-0.4, -0.2) is 26.6 Å². The predicted molar refractivity (Wildman–Crippen MR) is 76.3 cm³/mol. The van der Waals surface area contributed by atoms with Crippen molar-refractivity contribution in [2.75, 3.05) is 0 Å². The summed E-state index contributed by atoms with van der Waals surface area (Å²) in [6.07, 6.45) is 0. The molecule has 0 spiro atoms. The van der Waals surface area contributed by atoms with Gasteiger partial charge in [-0.2, -0.15) is 9.78 Å². The van der Waals surface area contributed by atoms with Crippen LogP contribution in [0, 0.1) is 13.8 Å². The number of rotatable bonds is 3. The Morgan fingerprint density at radius 1 is 1.14 bits per heavy atom. The normalized spacial score (nSPS) is 10.4. The molecule has 2 rings (SSSR count). The molecule has 1 aromatic carbocycles. The molecule has 0 bridgehead atoms. The molecule has 0 saturated carbocycles. The molecule has 0 fully saturated rings. The molecular formula is C15H14N2O4. The zero-order valence-corrected chi connectivity index (χ0v) is 11.9. The van der Waals surface area contributed by atoms with E-state index in [9.17, 15) is 14.4 Å². The molecule has 0 saturated heterocycles. The Hall–Kier alpha value is -2.76. The number of aryl methyl sites for hydroxylation is 2. The summed E-state index contributed by atoms with van der Waals surface area (Å²) in [6, 6.07) is 6.19. The summed E-state index contributed by atoms with van der Waals surface area (Å²) >= 11 is 0. The highest BCUT2D eigenvalue weighted by Crippen LogP contribution is 2.12. The van der Waals surface area contributed by atoms with E-state index in [2.05, 4.69) is 5.10 Å². The minimum absolute atomic E-state index is 0.0646. The maximum absolute atomic E-state index is 12.2. The smallest absolute Gasteiger partial charge is 0.341 e. The highest BCUT2D eigenvalue weighted by Gasteiger charge is 2.17. The molecule has 6 nitrogen and oxygen atoms in total. The van der Waals surface area contributed by atoms with Gasteiger partial charge in [-0.05, 0) is 43.2 Å². The third-order valence-corrected chi connectivity index (χ3v) is 3.24. The van der Waals surface area contributed by atoms with Gasteiger partial charge in [0.1, 0.15) is 11.3 Å². The lowest BCUT2D eigenvalue weighted by Crippen LogP contribution is -2.29. The number of hydrogen-bond acceptors (Lipinski definition) is 4. The summed E-state index contributed by atoms with van der Waals surface area (Å²) in [4.78, 5) is 34.8. The summed E-state index contributed by atoms with van der Waals surface area (Å²) < 4.78 is 0.951. The van der Waals surface area contributed by atoms with Gasteiger partial charge in [-0.25, -0.2) is 4.79 Å². The fourth-order valence-corrected chi connectivity index (χ4v) is 1.85. The number of ketones is 1. The molecule has 0 radical (unpaired) electrons. The van der Waals surface area contributed by atoms with Gasteiger partial charge < -0.3 is 5.11 Å². The van der Waals surface area contributed by atoms with Gasteiger partial charge >= 0.3 is 5.97 Å². The lowest BCUT2D eigenvalue weighted by Gasteiger charge is -2.09. The first-order chi connectivity index (χ1) is 9.81. The molecule has 0 aliphatic rings. The number of aromatic nitrogens is 2. The number of carbonyl (C=O) groups excluding carboxylic acids is 1. The second-order valence-electron chi connectivity index (χ2n) is 4.79. The minimum atomic E-state index is -1.39. The van der Waals surface area contributed by atoms with Crippen LogP contribution in [0.15, 0.2) is 29.1 Å². The molecule has 1 N–H and O–H groups in total. The van der Waals surface area contributed by atoms with Crippen molar-refractivity contribution in [2.45, 2.75) is 20.8 Å². The van der Waals surface area contributed by atoms with Crippen molar-refractivity contribution in [3.8, 4) is 5.69 Å². The number of carboxylic acid groups (broad SMARTS) is 1. The largest absolute Gasteiger partial charge is 0.477 e. The van der Waals surface area contributed by atoms with Crippen molar-refractivity contribution in [3.05, 3.63) is 57.0 Å². The van der Waals surface area contributed by atoms with Gasteiger partial charge in [0.2, 0.25) is 0 Å². The number of benzene rings is 1. The molecule has 108 valence electrons. The molecule has 0 unspecified atom stereocenters. The van der Waals surface area contributed by atoms with E-state index >= 15 is 0 Å². The first kappa shape index (κ1) is 14.6. The van der Waals surface area contributed by atoms with Crippen molar-refractivity contribution in [1.82, 2.24) is 9.78 Å². The van der Waals surface area contributed by atoms with Gasteiger partial charge in [-0.15, -0.1) is 0 Å². The zero-order valence-electron chi connectivity index (χ0n) is 11.9. The van der Waals surface area contributed by atoms with Crippen LogP contribution in [0.2, 0.25) is 0 Å².